The maximum atomic E-state index is 12.6. The standard InChI is InChI=1S/C23H38N4O/c1-18(13-14-23(2,3)4)26-22(24-5)25-17-19-9-11-20(12-10-19)21(28)27-15-7-6-8-16-27/h9-12,18H,6-8,13-17H2,1-5H3,(H2,24,25,26). The van der Waals surface area contributed by atoms with Gasteiger partial charge in [-0.05, 0) is 62.1 Å². The summed E-state index contributed by atoms with van der Waals surface area (Å²) in [6.07, 6.45) is 5.75. The van der Waals surface area contributed by atoms with Gasteiger partial charge in [0, 0.05) is 38.3 Å². The Kier molecular flexibility index (Phi) is 8.34. The van der Waals surface area contributed by atoms with Crippen LogP contribution in [0.25, 0.3) is 0 Å². The molecule has 2 rings (SSSR count). The van der Waals surface area contributed by atoms with Crippen LogP contribution < -0.4 is 10.6 Å². The molecule has 156 valence electrons. The minimum absolute atomic E-state index is 0.157. The molecule has 2 N–H and O–H groups in total. The topological polar surface area (TPSA) is 56.7 Å². The number of likely N-dealkylation sites (tertiary alicyclic amines) is 1. The number of guanidine groups is 1. The number of hydrogen-bond donors (Lipinski definition) is 2. The highest BCUT2D eigenvalue weighted by molar-refractivity contribution is 5.94. The van der Waals surface area contributed by atoms with E-state index in [1.54, 1.807) is 7.05 Å². The third kappa shape index (κ3) is 7.53. The van der Waals surface area contributed by atoms with E-state index in [4.69, 9.17) is 0 Å². The Morgan fingerprint density at radius 1 is 1.14 bits per heavy atom. The van der Waals surface area contributed by atoms with Gasteiger partial charge in [-0.15, -0.1) is 0 Å². The smallest absolute Gasteiger partial charge is 0.253 e. The average molecular weight is 387 g/mol. The fourth-order valence-electron chi connectivity index (χ4n) is 3.38. The van der Waals surface area contributed by atoms with Gasteiger partial charge < -0.3 is 15.5 Å². The van der Waals surface area contributed by atoms with Gasteiger partial charge in [-0.3, -0.25) is 9.79 Å². The van der Waals surface area contributed by atoms with Crippen molar-refractivity contribution in [3.8, 4) is 0 Å². The number of carbonyl (C=O) groups is 1. The van der Waals surface area contributed by atoms with Gasteiger partial charge in [0.1, 0.15) is 0 Å². The Labute approximate surface area is 171 Å². The average Bonchev–Trinajstić information content (AvgIpc) is 2.69. The number of carbonyl (C=O) groups excluding carboxylic acids is 1. The first-order valence-corrected chi connectivity index (χ1v) is 10.6. The summed E-state index contributed by atoms with van der Waals surface area (Å²) in [4.78, 5) is 18.9. The Hall–Kier alpha value is -2.04. The Balaban J connectivity index is 1.81. The summed E-state index contributed by atoms with van der Waals surface area (Å²) in [5.74, 6) is 0.972. The summed E-state index contributed by atoms with van der Waals surface area (Å²) in [6.45, 7) is 11.5. The first-order valence-electron chi connectivity index (χ1n) is 10.6. The van der Waals surface area contributed by atoms with Gasteiger partial charge in [0.05, 0.1) is 0 Å². The molecule has 1 amide bonds. The highest BCUT2D eigenvalue weighted by Crippen LogP contribution is 2.21. The molecule has 28 heavy (non-hydrogen) atoms. The van der Waals surface area contributed by atoms with Gasteiger partial charge in [-0.1, -0.05) is 32.9 Å². The minimum Gasteiger partial charge on any atom is -0.354 e. The van der Waals surface area contributed by atoms with E-state index >= 15 is 0 Å². The van der Waals surface area contributed by atoms with Crippen LogP contribution in [0.2, 0.25) is 0 Å². The molecule has 0 radical (unpaired) electrons. The first-order chi connectivity index (χ1) is 13.3. The molecule has 1 heterocycles. The number of benzene rings is 1. The minimum atomic E-state index is 0.157. The van der Waals surface area contributed by atoms with E-state index < -0.39 is 0 Å². The van der Waals surface area contributed by atoms with Crippen molar-refractivity contribution in [1.29, 1.82) is 0 Å². The van der Waals surface area contributed by atoms with Crippen LogP contribution in [0.1, 0.15) is 75.7 Å². The highest BCUT2D eigenvalue weighted by Gasteiger charge is 2.18. The van der Waals surface area contributed by atoms with Crippen LogP contribution in [0.3, 0.4) is 0 Å². The summed E-state index contributed by atoms with van der Waals surface area (Å²) in [7, 11) is 1.80. The van der Waals surface area contributed by atoms with Crippen molar-refractivity contribution in [2.24, 2.45) is 10.4 Å². The lowest BCUT2D eigenvalue weighted by molar-refractivity contribution is 0.0724. The van der Waals surface area contributed by atoms with E-state index in [2.05, 4.69) is 43.3 Å². The SMILES string of the molecule is CN=C(NCc1ccc(C(=O)N2CCCCC2)cc1)NC(C)CCC(C)(C)C. The zero-order valence-corrected chi connectivity index (χ0v) is 18.3. The van der Waals surface area contributed by atoms with E-state index in [0.29, 0.717) is 18.0 Å². The van der Waals surface area contributed by atoms with E-state index in [0.717, 1.165) is 49.4 Å². The van der Waals surface area contributed by atoms with Gasteiger partial charge >= 0.3 is 0 Å². The number of piperidine rings is 1. The number of nitrogens with one attached hydrogen (secondary N) is 2. The van der Waals surface area contributed by atoms with E-state index in [1.807, 2.05) is 29.2 Å². The molecule has 0 saturated carbocycles. The quantitative estimate of drug-likeness (QED) is 0.569. The fraction of sp³-hybridized carbons (Fsp3) is 0.652. The normalized spacial score (nSPS) is 16.6. The van der Waals surface area contributed by atoms with Crippen LogP contribution >= 0.6 is 0 Å². The van der Waals surface area contributed by atoms with Crippen LogP contribution in [-0.2, 0) is 6.54 Å². The van der Waals surface area contributed by atoms with Gasteiger partial charge in [0.2, 0.25) is 0 Å². The van der Waals surface area contributed by atoms with Gasteiger partial charge in [-0.25, -0.2) is 0 Å². The largest absolute Gasteiger partial charge is 0.354 e. The number of amides is 1. The Bertz CT molecular complexity index is 640. The Morgan fingerprint density at radius 3 is 2.36 bits per heavy atom. The molecule has 1 unspecified atom stereocenters. The summed E-state index contributed by atoms with van der Waals surface area (Å²) >= 11 is 0. The van der Waals surface area contributed by atoms with Crippen molar-refractivity contribution < 1.29 is 4.79 Å². The van der Waals surface area contributed by atoms with Crippen LogP contribution in [0.5, 0.6) is 0 Å². The monoisotopic (exact) mass is 386 g/mol. The Morgan fingerprint density at radius 2 is 1.79 bits per heavy atom. The van der Waals surface area contributed by atoms with Crippen LogP contribution in [0.15, 0.2) is 29.3 Å². The predicted octanol–water partition coefficient (Wildman–Crippen LogP) is 4.19. The van der Waals surface area contributed by atoms with Crippen molar-refractivity contribution in [3.63, 3.8) is 0 Å². The van der Waals surface area contributed by atoms with Crippen molar-refractivity contribution in [2.45, 2.75) is 72.4 Å². The summed E-state index contributed by atoms with van der Waals surface area (Å²) in [6, 6.07) is 8.31. The van der Waals surface area contributed by atoms with Gasteiger partial charge in [0.15, 0.2) is 5.96 Å². The molecule has 1 aliphatic rings. The maximum Gasteiger partial charge on any atom is 0.253 e. The van der Waals surface area contributed by atoms with Gasteiger partial charge in [-0.2, -0.15) is 0 Å². The molecule has 0 aromatic heterocycles. The van der Waals surface area contributed by atoms with E-state index in [-0.39, 0.29) is 5.91 Å². The molecule has 0 aliphatic carbocycles. The van der Waals surface area contributed by atoms with Crippen LogP contribution in [0, 0.1) is 5.41 Å². The third-order valence-electron chi connectivity index (χ3n) is 5.24. The van der Waals surface area contributed by atoms with Gasteiger partial charge in [0.25, 0.3) is 5.91 Å². The summed E-state index contributed by atoms with van der Waals surface area (Å²) < 4.78 is 0. The van der Waals surface area contributed by atoms with Crippen molar-refractivity contribution in [1.82, 2.24) is 15.5 Å². The van der Waals surface area contributed by atoms with E-state index in [9.17, 15) is 4.79 Å². The maximum absolute atomic E-state index is 12.6. The van der Waals surface area contributed by atoms with Crippen molar-refractivity contribution in [3.05, 3.63) is 35.4 Å². The molecule has 1 aromatic carbocycles. The summed E-state index contributed by atoms with van der Waals surface area (Å²) in [5, 5.41) is 6.83. The second-order valence-corrected chi connectivity index (χ2v) is 9.12. The first kappa shape index (κ1) is 22.3. The molecule has 0 spiro atoms. The molecule has 1 aromatic rings. The molecular formula is C23H38N4O. The lowest BCUT2D eigenvalue weighted by atomic mass is 9.89. The zero-order chi connectivity index (χ0) is 20.6. The molecule has 1 aliphatic heterocycles. The zero-order valence-electron chi connectivity index (χ0n) is 18.3. The molecule has 1 saturated heterocycles. The number of hydrogen-bond acceptors (Lipinski definition) is 2. The lowest BCUT2D eigenvalue weighted by Crippen LogP contribution is -2.42. The number of rotatable bonds is 6. The van der Waals surface area contributed by atoms with Crippen LogP contribution in [-0.4, -0.2) is 42.9 Å². The predicted molar refractivity (Wildman–Crippen MR) is 118 cm³/mol. The molecular weight excluding hydrogens is 348 g/mol. The molecule has 0 bridgehead atoms. The molecule has 5 heteroatoms. The molecule has 1 fully saturated rings. The number of nitrogens with zero attached hydrogens (tertiary/aromatic N) is 2. The third-order valence-corrected chi connectivity index (χ3v) is 5.24. The molecule has 5 nitrogen and oxygen atoms in total. The summed E-state index contributed by atoms with van der Waals surface area (Å²) in [5.41, 5.74) is 2.27. The number of aliphatic imine (C=N–C) groups is 1. The van der Waals surface area contributed by atoms with Crippen LogP contribution in [0.4, 0.5) is 0 Å². The van der Waals surface area contributed by atoms with E-state index in [1.165, 1.54) is 12.8 Å². The molecule has 1 atom stereocenters. The second kappa shape index (κ2) is 10.5. The van der Waals surface area contributed by atoms with Crippen molar-refractivity contribution >= 4 is 11.9 Å². The van der Waals surface area contributed by atoms with Crippen molar-refractivity contribution in [2.75, 3.05) is 20.1 Å². The lowest BCUT2D eigenvalue weighted by Gasteiger charge is -2.26. The second-order valence-electron chi connectivity index (χ2n) is 9.12. The highest BCUT2D eigenvalue weighted by atomic mass is 16.2. The fourth-order valence-corrected chi connectivity index (χ4v) is 3.38.